The van der Waals surface area contributed by atoms with Crippen molar-refractivity contribution in [2.75, 3.05) is 37.8 Å². The van der Waals surface area contributed by atoms with Crippen molar-refractivity contribution in [1.82, 2.24) is 20.7 Å². The van der Waals surface area contributed by atoms with Crippen LogP contribution in [0.25, 0.3) is 10.8 Å². The number of sulfonamides is 1. The maximum absolute atomic E-state index is 13.0. The van der Waals surface area contributed by atoms with E-state index in [0.717, 1.165) is 36.1 Å². The predicted octanol–water partition coefficient (Wildman–Crippen LogP) is 2.81. The number of carbonyl (C=O) groups is 2. The summed E-state index contributed by atoms with van der Waals surface area (Å²) in [6, 6.07) is 11.4. The second-order valence-corrected chi connectivity index (χ2v) is 12.9. The van der Waals surface area contributed by atoms with Crippen LogP contribution in [0.2, 0.25) is 0 Å². The number of anilines is 1. The Hall–Kier alpha value is -2.50. The molecule has 0 aromatic heterocycles. The molecule has 0 saturated carbocycles. The van der Waals surface area contributed by atoms with E-state index in [0.29, 0.717) is 43.0 Å². The zero-order valence-electron chi connectivity index (χ0n) is 21.5. The number of amides is 3. The first-order valence-corrected chi connectivity index (χ1v) is 15.4. The van der Waals surface area contributed by atoms with Gasteiger partial charge in [0, 0.05) is 61.1 Å². The first-order valence-electron chi connectivity index (χ1n) is 12.9. The van der Waals surface area contributed by atoms with E-state index < -0.39 is 10.0 Å². The Morgan fingerprint density at radius 1 is 1.03 bits per heavy atom. The summed E-state index contributed by atoms with van der Waals surface area (Å²) in [7, 11) is 0.226. The minimum absolute atomic E-state index is 0.0285. The Kier molecular flexibility index (Phi) is 9.20. The molecular weight excluding hydrogens is 510 g/mol. The zero-order valence-corrected chi connectivity index (χ0v) is 23.1. The van der Waals surface area contributed by atoms with Crippen molar-refractivity contribution in [3.8, 4) is 0 Å². The van der Waals surface area contributed by atoms with Gasteiger partial charge in [0.25, 0.3) is 0 Å². The van der Waals surface area contributed by atoms with Gasteiger partial charge in [-0.05, 0) is 37.8 Å². The molecule has 202 valence electrons. The van der Waals surface area contributed by atoms with Crippen LogP contribution in [0.4, 0.5) is 10.5 Å². The average Bonchev–Trinajstić information content (AvgIpc) is 3.42. The SMILES string of the molecule is CN(C)c1cccc2c(S(=O)(=O)NCCCCNC(=O)CCCC[C@@H]3SC[C@@H]4NC(=O)N[C@@H]43)cccc12. The summed E-state index contributed by atoms with van der Waals surface area (Å²) in [5.41, 5.74) is 0.968. The first-order chi connectivity index (χ1) is 17.8. The van der Waals surface area contributed by atoms with Gasteiger partial charge in [0.05, 0.1) is 17.0 Å². The third kappa shape index (κ3) is 6.88. The number of nitrogens with zero attached hydrogens (tertiary/aromatic N) is 1. The van der Waals surface area contributed by atoms with Gasteiger partial charge in [0.1, 0.15) is 0 Å². The Bertz CT molecular complexity index is 1220. The summed E-state index contributed by atoms with van der Waals surface area (Å²) in [6.45, 7) is 0.843. The Morgan fingerprint density at radius 3 is 2.59 bits per heavy atom. The van der Waals surface area contributed by atoms with Gasteiger partial charge in [-0.2, -0.15) is 11.8 Å². The van der Waals surface area contributed by atoms with Gasteiger partial charge in [0.15, 0.2) is 0 Å². The van der Waals surface area contributed by atoms with E-state index in [1.54, 1.807) is 12.1 Å². The van der Waals surface area contributed by atoms with Crippen LogP contribution in [0.3, 0.4) is 0 Å². The molecule has 3 atom stereocenters. The van der Waals surface area contributed by atoms with Gasteiger partial charge in [-0.3, -0.25) is 4.79 Å². The molecule has 9 nitrogen and oxygen atoms in total. The summed E-state index contributed by atoms with van der Waals surface area (Å²) in [5.74, 6) is 0.977. The number of hydrogen-bond acceptors (Lipinski definition) is 6. The molecule has 0 radical (unpaired) electrons. The molecular formula is C26H37N5O4S2. The molecule has 2 heterocycles. The lowest BCUT2D eigenvalue weighted by molar-refractivity contribution is -0.121. The number of carbonyl (C=O) groups excluding carboxylic acids is 2. The fourth-order valence-corrected chi connectivity index (χ4v) is 7.85. The average molecular weight is 548 g/mol. The number of nitrogens with one attached hydrogen (secondary N) is 4. The molecule has 37 heavy (non-hydrogen) atoms. The highest BCUT2D eigenvalue weighted by Crippen LogP contribution is 2.33. The predicted molar refractivity (Wildman–Crippen MR) is 150 cm³/mol. The lowest BCUT2D eigenvalue weighted by Gasteiger charge is -2.17. The third-order valence-electron chi connectivity index (χ3n) is 6.93. The van der Waals surface area contributed by atoms with Gasteiger partial charge in [-0.25, -0.2) is 17.9 Å². The fraction of sp³-hybridized carbons (Fsp3) is 0.538. The van der Waals surface area contributed by atoms with Crippen LogP contribution in [0.15, 0.2) is 41.3 Å². The molecule has 2 aliphatic rings. The van der Waals surface area contributed by atoms with Crippen LogP contribution in [0.5, 0.6) is 0 Å². The molecule has 0 spiro atoms. The molecule has 0 unspecified atom stereocenters. The molecule has 2 aromatic rings. The van der Waals surface area contributed by atoms with Crippen molar-refractivity contribution < 1.29 is 18.0 Å². The van der Waals surface area contributed by atoms with Crippen molar-refractivity contribution in [3.05, 3.63) is 36.4 Å². The summed E-state index contributed by atoms with van der Waals surface area (Å²) < 4.78 is 28.6. The minimum atomic E-state index is -3.65. The number of rotatable bonds is 13. The van der Waals surface area contributed by atoms with Crippen LogP contribution in [-0.4, -0.2) is 70.6 Å². The number of urea groups is 1. The highest BCUT2D eigenvalue weighted by atomic mass is 32.2. The molecule has 0 bridgehead atoms. The van der Waals surface area contributed by atoms with Crippen LogP contribution >= 0.6 is 11.8 Å². The maximum atomic E-state index is 13.0. The van der Waals surface area contributed by atoms with E-state index >= 15 is 0 Å². The highest BCUT2D eigenvalue weighted by molar-refractivity contribution is 8.00. The molecule has 2 aromatic carbocycles. The van der Waals surface area contributed by atoms with Crippen LogP contribution in [0.1, 0.15) is 38.5 Å². The maximum Gasteiger partial charge on any atom is 0.315 e. The molecule has 2 aliphatic heterocycles. The first kappa shape index (κ1) is 27.5. The van der Waals surface area contributed by atoms with Crippen molar-refractivity contribution in [2.45, 2.75) is 60.8 Å². The van der Waals surface area contributed by atoms with Gasteiger partial charge in [0.2, 0.25) is 15.9 Å². The molecule has 3 amide bonds. The number of thioether (sulfide) groups is 1. The topological polar surface area (TPSA) is 120 Å². The van der Waals surface area contributed by atoms with Gasteiger partial charge in [-0.1, -0.05) is 30.7 Å². The summed E-state index contributed by atoms with van der Waals surface area (Å²) in [6.07, 6.45) is 4.59. The molecule has 11 heteroatoms. The summed E-state index contributed by atoms with van der Waals surface area (Å²) in [5, 5.41) is 10.9. The molecule has 2 fully saturated rings. The monoisotopic (exact) mass is 547 g/mol. The smallest absolute Gasteiger partial charge is 0.315 e. The lowest BCUT2D eigenvalue weighted by atomic mass is 10.0. The fourth-order valence-electron chi connectivity index (χ4n) is 5.01. The largest absolute Gasteiger partial charge is 0.377 e. The van der Waals surface area contributed by atoms with Crippen LogP contribution in [-0.2, 0) is 14.8 Å². The van der Waals surface area contributed by atoms with E-state index in [9.17, 15) is 18.0 Å². The highest BCUT2D eigenvalue weighted by Gasteiger charge is 2.42. The Labute approximate surface area is 223 Å². The molecule has 2 saturated heterocycles. The van der Waals surface area contributed by atoms with Crippen molar-refractivity contribution in [3.63, 3.8) is 0 Å². The second kappa shape index (κ2) is 12.4. The van der Waals surface area contributed by atoms with E-state index in [4.69, 9.17) is 0 Å². The van der Waals surface area contributed by atoms with Crippen molar-refractivity contribution in [1.29, 1.82) is 0 Å². The van der Waals surface area contributed by atoms with E-state index in [-0.39, 0.29) is 28.9 Å². The van der Waals surface area contributed by atoms with E-state index in [1.807, 2.05) is 55.0 Å². The second-order valence-electron chi connectivity index (χ2n) is 9.85. The third-order valence-corrected chi connectivity index (χ3v) is 9.96. The van der Waals surface area contributed by atoms with E-state index in [2.05, 4.69) is 20.7 Å². The quantitative estimate of drug-likeness (QED) is 0.226. The lowest BCUT2D eigenvalue weighted by Crippen LogP contribution is -2.36. The van der Waals surface area contributed by atoms with Crippen LogP contribution < -0.4 is 25.6 Å². The van der Waals surface area contributed by atoms with Crippen LogP contribution in [0, 0.1) is 0 Å². The Morgan fingerprint density at radius 2 is 1.78 bits per heavy atom. The van der Waals surface area contributed by atoms with Gasteiger partial charge >= 0.3 is 6.03 Å². The molecule has 4 rings (SSSR count). The number of fused-ring (bicyclic) bond motifs is 2. The van der Waals surface area contributed by atoms with Crippen molar-refractivity contribution >= 4 is 50.2 Å². The Balaban J connectivity index is 1.12. The van der Waals surface area contributed by atoms with E-state index in [1.165, 1.54) is 0 Å². The number of unbranched alkanes of at least 4 members (excludes halogenated alkanes) is 2. The molecule has 0 aliphatic carbocycles. The minimum Gasteiger partial charge on any atom is -0.377 e. The standard InChI is InChI=1S/C26H37N5O4S2/c1-31(2)21-11-7-10-19-18(21)9-8-13-23(19)37(34,35)28-16-6-5-15-27-24(32)14-4-3-12-22-25-20(17-36-22)29-26(33)30-25/h7-11,13,20,22,25,28H,3-6,12,14-17H2,1-2H3,(H,27,32)(H2,29,30,33)/t20-,22-,25-/m0/s1. The summed E-state index contributed by atoms with van der Waals surface area (Å²) in [4.78, 5) is 25.9. The number of benzene rings is 2. The number of hydrogen-bond donors (Lipinski definition) is 4. The molecule has 4 N–H and O–H groups in total. The van der Waals surface area contributed by atoms with Gasteiger partial charge in [-0.15, -0.1) is 0 Å². The normalized spacial score (nSPS) is 20.9. The van der Waals surface area contributed by atoms with Crippen molar-refractivity contribution in [2.24, 2.45) is 0 Å². The summed E-state index contributed by atoms with van der Waals surface area (Å²) >= 11 is 1.89. The van der Waals surface area contributed by atoms with Gasteiger partial charge < -0.3 is 20.9 Å². The zero-order chi connectivity index (χ0) is 26.4.